The van der Waals surface area contributed by atoms with Gasteiger partial charge in [0.15, 0.2) is 0 Å². The number of benzene rings is 1. The molecule has 0 saturated carbocycles. The van der Waals surface area contributed by atoms with Crippen LogP contribution in [0.1, 0.15) is 18.1 Å². The number of ether oxygens (including phenoxy) is 1. The van der Waals surface area contributed by atoms with Gasteiger partial charge < -0.3 is 9.64 Å². The highest BCUT2D eigenvalue weighted by molar-refractivity contribution is 7.89. The molecule has 1 saturated heterocycles. The fourth-order valence-corrected chi connectivity index (χ4v) is 4.18. The van der Waals surface area contributed by atoms with Gasteiger partial charge >= 0.3 is 12.4 Å². The number of carbonyl (C=O) groups is 1. The minimum absolute atomic E-state index is 0.0593. The highest BCUT2D eigenvalue weighted by Crippen LogP contribution is 2.37. The molecule has 0 unspecified atom stereocenters. The number of sulfonamides is 1. The van der Waals surface area contributed by atoms with Gasteiger partial charge in [-0.1, -0.05) is 0 Å². The molecule has 0 bridgehead atoms. The maximum Gasteiger partial charge on any atom is 0.416 e. The Labute approximate surface area is 163 Å². The third-order valence-corrected chi connectivity index (χ3v) is 6.10. The molecule has 1 aliphatic rings. The molecule has 6 nitrogen and oxygen atoms in total. The Kier molecular flexibility index (Phi) is 6.85. The molecule has 164 valence electrons. The van der Waals surface area contributed by atoms with Gasteiger partial charge in [0.25, 0.3) is 0 Å². The van der Waals surface area contributed by atoms with Gasteiger partial charge in [-0.2, -0.15) is 30.6 Å². The number of halogens is 6. The number of carbonyl (C=O) groups excluding carboxylic acids is 1. The second-order valence-corrected chi connectivity index (χ2v) is 8.10. The number of hydrogen-bond donors (Lipinski definition) is 0. The van der Waals surface area contributed by atoms with Crippen molar-refractivity contribution in [3.8, 4) is 0 Å². The lowest BCUT2D eigenvalue weighted by Gasteiger charge is -2.34. The molecule has 1 amide bonds. The van der Waals surface area contributed by atoms with Crippen LogP contribution < -0.4 is 0 Å². The van der Waals surface area contributed by atoms with E-state index >= 15 is 0 Å². The molecular weight excluding hydrogens is 430 g/mol. The summed E-state index contributed by atoms with van der Waals surface area (Å²) >= 11 is 0. The normalized spacial score (nSPS) is 16.9. The maximum atomic E-state index is 13.0. The van der Waals surface area contributed by atoms with Gasteiger partial charge in [-0.25, -0.2) is 8.42 Å². The van der Waals surface area contributed by atoms with Crippen molar-refractivity contribution in [3.63, 3.8) is 0 Å². The van der Waals surface area contributed by atoms with Crippen molar-refractivity contribution in [2.75, 3.05) is 39.4 Å². The van der Waals surface area contributed by atoms with Gasteiger partial charge in [0.1, 0.15) is 6.61 Å². The zero-order valence-electron chi connectivity index (χ0n) is 15.2. The molecule has 1 aromatic carbocycles. The molecule has 1 aliphatic heterocycles. The van der Waals surface area contributed by atoms with Crippen LogP contribution in [0.5, 0.6) is 0 Å². The topological polar surface area (TPSA) is 66.9 Å². The van der Waals surface area contributed by atoms with Crippen molar-refractivity contribution < 1.29 is 44.3 Å². The summed E-state index contributed by atoms with van der Waals surface area (Å²) in [4.78, 5) is 12.1. The maximum absolute atomic E-state index is 13.0. The van der Waals surface area contributed by atoms with E-state index in [1.807, 2.05) is 0 Å². The van der Waals surface area contributed by atoms with Crippen LogP contribution in [-0.4, -0.2) is 62.9 Å². The first-order valence-electron chi connectivity index (χ1n) is 8.42. The number of amides is 1. The molecule has 0 atom stereocenters. The molecule has 1 fully saturated rings. The van der Waals surface area contributed by atoms with Crippen molar-refractivity contribution in [1.82, 2.24) is 9.21 Å². The highest BCUT2D eigenvalue weighted by atomic mass is 32.2. The highest BCUT2D eigenvalue weighted by Gasteiger charge is 2.39. The van der Waals surface area contributed by atoms with Gasteiger partial charge in [0.2, 0.25) is 15.9 Å². The van der Waals surface area contributed by atoms with E-state index in [2.05, 4.69) is 0 Å². The lowest BCUT2D eigenvalue weighted by Crippen LogP contribution is -2.51. The van der Waals surface area contributed by atoms with Crippen molar-refractivity contribution in [2.45, 2.75) is 24.2 Å². The average molecular weight is 448 g/mol. The van der Waals surface area contributed by atoms with Crippen molar-refractivity contribution >= 4 is 15.9 Å². The Hall–Kier alpha value is -1.86. The Morgan fingerprint density at radius 2 is 1.45 bits per heavy atom. The molecule has 29 heavy (non-hydrogen) atoms. The third-order valence-electron chi connectivity index (χ3n) is 4.22. The summed E-state index contributed by atoms with van der Waals surface area (Å²) in [5.74, 6) is -0.387. The van der Waals surface area contributed by atoms with E-state index in [9.17, 15) is 39.6 Å². The molecule has 0 aliphatic carbocycles. The third kappa shape index (κ3) is 5.60. The van der Waals surface area contributed by atoms with E-state index in [1.165, 1.54) is 4.90 Å². The van der Waals surface area contributed by atoms with Gasteiger partial charge in [0.05, 0.1) is 16.0 Å². The standard InChI is InChI=1S/C16H18F6N2O4S/c1-2-28-10-14(25)23-3-5-24(6-4-23)29(26,27)13-8-11(15(17,18)19)7-12(9-13)16(20,21)22/h7-9H,2-6,10H2,1H3. The second-order valence-electron chi connectivity index (χ2n) is 6.16. The van der Waals surface area contributed by atoms with Crippen LogP contribution in [0.2, 0.25) is 0 Å². The first-order valence-corrected chi connectivity index (χ1v) is 9.86. The quantitative estimate of drug-likeness (QED) is 0.650. The minimum atomic E-state index is -5.16. The summed E-state index contributed by atoms with van der Waals surface area (Å²) in [6.45, 7) is 1.13. The average Bonchev–Trinajstić information content (AvgIpc) is 2.64. The number of alkyl halides is 6. The number of rotatable bonds is 5. The van der Waals surface area contributed by atoms with Gasteiger partial charge in [-0.05, 0) is 25.1 Å². The fourth-order valence-electron chi connectivity index (χ4n) is 2.68. The van der Waals surface area contributed by atoms with Crippen LogP contribution in [0.15, 0.2) is 23.1 Å². The summed E-state index contributed by atoms with van der Waals surface area (Å²) < 4.78 is 109. The Morgan fingerprint density at radius 1 is 0.966 bits per heavy atom. The lowest BCUT2D eigenvalue weighted by atomic mass is 10.1. The van der Waals surface area contributed by atoms with E-state index in [-0.39, 0.29) is 56.9 Å². The van der Waals surface area contributed by atoms with Crippen LogP contribution in [0, 0.1) is 0 Å². The molecule has 0 N–H and O–H groups in total. The predicted octanol–water partition coefficient (Wildman–Crippen LogP) is 2.59. The SMILES string of the molecule is CCOCC(=O)N1CCN(S(=O)(=O)c2cc(C(F)(F)F)cc(C(F)(F)F)c2)CC1. The summed E-state index contributed by atoms with van der Waals surface area (Å²) in [7, 11) is -4.63. The van der Waals surface area contributed by atoms with Crippen LogP contribution in [0.3, 0.4) is 0 Å². The zero-order chi connectivity index (χ0) is 22.0. The van der Waals surface area contributed by atoms with Crippen molar-refractivity contribution in [1.29, 1.82) is 0 Å². The first kappa shape index (κ1) is 23.4. The van der Waals surface area contributed by atoms with Gasteiger partial charge in [-0.15, -0.1) is 0 Å². The van der Waals surface area contributed by atoms with Gasteiger partial charge in [0, 0.05) is 32.8 Å². The molecule has 1 aromatic rings. The summed E-state index contributed by atoms with van der Waals surface area (Å²) in [6.07, 6.45) is -10.3. The summed E-state index contributed by atoms with van der Waals surface area (Å²) in [5.41, 5.74) is -3.42. The van der Waals surface area contributed by atoms with Crippen LogP contribution in [0.25, 0.3) is 0 Å². The van der Waals surface area contributed by atoms with E-state index in [4.69, 9.17) is 4.74 Å². The molecule has 0 aromatic heterocycles. The van der Waals surface area contributed by atoms with Crippen molar-refractivity contribution in [3.05, 3.63) is 29.3 Å². The predicted molar refractivity (Wildman–Crippen MR) is 88.3 cm³/mol. The van der Waals surface area contributed by atoms with E-state index in [1.54, 1.807) is 6.92 Å². The Balaban J connectivity index is 2.29. The Morgan fingerprint density at radius 3 is 1.86 bits per heavy atom. The summed E-state index contributed by atoms with van der Waals surface area (Å²) in [5, 5.41) is 0. The zero-order valence-corrected chi connectivity index (χ0v) is 16.0. The van der Waals surface area contributed by atoms with Crippen molar-refractivity contribution in [2.24, 2.45) is 0 Å². The van der Waals surface area contributed by atoms with Gasteiger partial charge in [-0.3, -0.25) is 4.79 Å². The molecule has 2 rings (SSSR count). The Bertz CT molecular complexity index is 814. The molecule has 0 radical (unpaired) electrons. The molecule has 0 spiro atoms. The summed E-state index contributed by atoms with van der Waals surface area (Å²) in [6, 6.07) is 0.220. The smallest absolute Gasteiger partial charge is 0.372 e. The van der Waals surface area contributed by atoms with Crippen LogP contribution >= 0.6 is 0 Å². The van der Waals surface area contributed by atoms with Crippen LogP contribution in [-0.2, 0) is 31.9 Å². The number of piperazine rings is 1. The molecule has 1 heterocycles. The minimum Gasteiger partial charge on any atom is -0.372 e. The van der Waals surface area contributed by atoms with Crippen LogP contribution in [0.4, 0.5) is 26.3 Å². The largest absolute Gasteiger partial charge is 0.416 e. The number of hydrogen-bond acceptors (Lipinski definition) is 4. The van der Waals surface area contributed by atoms with E-state index in [0.717, 1.165) is 4.31 Å². The monoisotopic (exact) mass is 448 g/mol. The fraction of sp³-hybridized carbons (Fsp3) is 0.562. The van der Waals surface area contributed by atoms with E-state index < -0.39 is 38.4 Å². The number of nitrogens with zero attached hydrogens (tertiary/aromatic N) is 2. The molecular formula is C16H18F6N2O4S. The lowest BCUT2D eigenvalue weighted by molar-refractivity contribution is -0.143. The second kappa shape index (κ2) is 8.48. The molecule has 13 heteroatoms. The first-order chi connectivity index (χ1) is 13.3. The van der Waals surface area contributed by atoms with E-state index in [0.29, 0.717) is 6.61 Å².